The molecule has 0 atom stereocenters. The summed E-state index contributed by atoms with van der Waals surface area (Å²) in [7, 11) is 0. The van der Waals surface area contributed by atoms with Crippen LogP contribution in [0.4, 0.5) is 10.7 Å². The molecule has 2 aromatic heterocycles. The van der Waals surface area contributed by atoms with Gasteiger partial charge in [-0.05, 0) is 5.56 Å². The van der Waals surface area contributed by atoms with Crippen LogP contribution in [0.25, 0.3) is 0 Å². The zero-order chi connectivity index (χ0) is 10.7. The fourth-order valence-electron chi connectivity index (χ4n) is 1.10. The van der Waals surface area contributed by atoms with Crippen LogP contribution in [-0.4, -0.2) is 15.1 Å². The van der Waals surface area contributed by atoms with E-state index in [-0.39, 0.29) is 9.92 Å². The molecule has 2 heterocycles. The van der Waals surface area contributed by atoms with Crippen molar-refractivity contribution < 1.29 is 4.92 Å². The van der Waals surface area contributed by atoms with Gasteiger partial charge in [-0.2, -0.15) is 5.10 Å². The Bertz CT molecular complexity index is 451. The van der Waals surface area contributed by atoms with Gasteiger partial charge in [0.25, 0.3) is 0 Å². The van der Waals surface area contributed by atoms with Crippen LogP contribution in [0.5, 0.6) is 0 Å². The summed E-state index contributed by atoms with van der Waals surface area (Å²) in [5, 5.41) is 21.9. The fourth-order valence-corrected chi connectivity index (χ4v) is 1.83. The molecule has 6 nitrogen and oxygen atoms in total. The third kappa shape index (κ3) is 2.32. The number of anilines is 1. The van der Waals surface area contributed by atoms with Crippen molar-refractivity contribution in [3.8, 4) is 0 Å². The summed E-state index contributed by atoms with van der Waals surface area (Å²) in [5.41, 5.74) is 1.76. The molecule has 0 radical (unpaired) electrons. The average Bonchev–Trinajstić information content (AvgIpc) is 2.86. The summed E-state index contributed by atoms with van der Waals surface area (Å²) in [4.78, 5) is 10.0. The molecule has 0 aliphatic rings. The van der Waals surface area contributed by atoms with Crippen LogP contribution in [0.2, 0.25) is 0 Å². The number of hydrogen-bond donors (Lipinski definition) is 2. The summed E-state index contributed by atoms with van der Waals surface area (Å²) in [6, 6.07) is 1.57. The maximum Gasteiger partial charge on any atom is 0.324 e. The van der Waals surface area contributed by atoms with Gasteiger partial charge in [0.1, 0.15) is 0 Å². The smallest absolute Gasteiger partial charge is 0.324 e. The number of nitrogens with zero attached hydrogens (tertiary/aromatic N) is 2. The van der Waals surface area contributed by atoms with Crippen LogP contribution >= 0.6 is 11.3 Å². The first kappa shape index (κ1) is 9.66. The van der Waals surface area contributed by atoms with E-state index < -0.39 is 0 Å². The monoisotopic (exact) mass is 224 g/mol. The largest absolute Gasteiger partial charge is 0.378 e. The van der Waals surface area contributed by atoms with Gasteiger partial charge in [-0.3, -0.25) is 15.2 Å². The van der Waals surface area contributed by atoms with E-state index >= 15 is 0 Å². The van der Waals surface area contributed by atoms with Crippen molar-refractivity contribution in [2.75, 3.05) is 5.32 Å². The Morgan fingerprint density at radius 2 is 2.53 bits per heavy atom. The minimum atomic E-state index is -0.383. The molecule has 0 bridgehead atoms. The first-order chi connectivity index (χ1) is 7.25. The molecule has 2 N–H and O–H groups in total. The molecule has 0 saturated heterocycles. The number of nitrogens with one attached hydrogen (secondary N) is 2. The third-order valence-electron chi connectivity index (χ3n) is 1.81. The SMILES string of the molecule is O=[N+]([O-])c1cc(CNc2cn[nH]c2)cs1. The van der Waals surface area contributed by atoms with E-state index in [1.807, 2.05) is 0 Å². The number of rotatable bonds is 4. The van der Waals surface area contributed by atoms with E-state index in [0.717, 1.165) is 22.6 Å². The van der Waals surface area contributed by atoms with Crippen molar-refractivity contribution in [2.24, 2.45) is 0 Å². The quantitative estimate of drug-likeness (QED) is 0.614. The van der Waals surface area contributed by atoms with Crippen LogP contribution in [0.1, 0.15) is 5.56 Å². The molecule has 0 saturated carbocycles. The van der Waals surface area contributed by atoms with Crippen molar-refractivity contribution in [3.05, 3.63) is 39.5 Å². The second-order valence-electron chi connectivity index (χ2n) is 2.89. The van der Waals surface area contributed by atoms with Gasteiger partial charge in [0, 0.05) is 24.2 Å². The molecule has 2 aromatic rings. The number of nitro groups is 1. The highest BCUT2D eigenvalue weighted by Crippen LogP contribution is 2.22. The van der Waals surface area contributed by atoms with E-state index in [0.29, 0.717) is 6.54 Å². The lowest BCUT2D eigenvalue weighted by Crippen LogP contribution is -1.96. The highest BCUT2D eigenvalue weighted by atomic mass is 32.1. The second kappa shape index (κ2) is 4.09. The topological polar surface area (TPSA) is 83.8 Å². The lowest BCUT2D eigenvalue weighted by atomic mass is 10.3. The van der Waals surface area contributed by atoms with Crippen LogP contribution in [-0.2, 0) is 6.54 Å². The molecule has 0 aliphatic heterocycles. The number of thiophene rings is 1. The Hall–Kier alpha value is -1.89. The highest BCUT2D eigenvalue weighted by Gasteiger charge is 2.08. The van der Waals surface area contributed by atoms with E-state index in [1.54, 1.807) is 23.8 Å². The van der Waals surface area contributed by atoms with Crippen molar-refractivity contribution in [2.45, 2.75) is 6.54 Å². The molecule has 0 fully saturated rings. The molecule has 7 heteroatoms. The number of aromatic amines is 1. The van der Waals surface area contributed by atoms with Gasteiger partial charge in [0.2, 0.25) is 0 Å². The summed E-state index contributed by atoms with van der Waals surface area (Å²) >= 11 is 1.13. The molecule has 0 unspecified atom stereocenters. The second-order valence-corrected chi connectivity index (χ2v) is 3.78. The maximum absolute atomic E-state index is 10.4. The van der Waals surface area contributed by atoms with Crippen LogP contribution in [0, 0.1) is 10.1 Å². The Labute approximate surface area is 89.1 Å². The van der Waals surface area contributed by atoms with Crippen molar-refractivity contribution >= 4 is 22.0 Å². The highest BCUT2D eigenvalue weighted by molar-refractivity contribution is 7.13. The Morgan fingerprint density at radius 3 is 3.13 bits per heavy atom. The van der Waals surface area contributed by atoms with E-state index in [2.05, 4.69) is 15.5 Å². The van der Waals surface area contributed by atoms with Crippen LogP contribution in [0.3, 0.4) is 0 Å². The fraction of sp³-hybridized carbons (Fsp3) is 0.125. The predicted octanol–water partition coefficient (Wildman–Crippen LogP) is 1.99. The normalized spacial score (nSPS) is 10.1. The standard InChI is InChI=1S/C8H8N4O2S/c13-12(14)8-1-6(5-15-8)2-9-7-3-10-11-4-7/h1,3-5,9H,2H2,(H,10,11). The van der Waals surface area contributed by atoms with Crippen molar-refractivity contribution in [3.63, 3.8) is 0 Å². The average molecular weight is 224 g/mol. The third-order valence-corrected chi connectivity index (χ3v) is 2.74. The molecule has 0 spiro atoms. The lowest BCUT2D eigenvalue weighted by Gasteiger charge is -1.98. The van der Waals surface area contributed by atoms with Gasteiger partial charge < -0.3 is 5.32 Å². The van der Waals surface area contributed by atoms with Gasteiger partial charge in [0.05, 0.1) is 16.8 Å². The zero-order valence-electron chi connectivity index (χ0n) is 7.64. The van der Waals surface area contributed by atoms with Crippen molar-refractivity contribution in [1.82, 2.24) is 10.2 Å². The van der Waals surface area contributed by atoms with Gasteiger partial charge in [-0.1, -0.05) is 11.3 Å². The number of aromatic nitrogens is 2. The maximum atomic E-state index is 10.4. The Kier molecular flexibility index (Phi) is 2.64. The molecule has 0 aromatic carbocycles. The minimum absolute atomic E-state index is 0.166. The first-order valence-corrected chi connectivity index (χ1v) is 5.08. The molecule has 2 rings (SSSR count). The van der Waals surface area contributed by atoms with Gasteiger partial charge in [-0.15, -0.1) is 0 Å². The summed E-state index contributed by atoms with van der Waals surface area (Å²) in [6.07, 6.45) is 3.38. The first-order valence-electron chi connectivity index (χ1n) is 4.20. The van der Waals surface area contributed by atoms with Gasteiger partial charge >= 0.3 is 5.00 Å². The van der Waals surface area contributed by atoms with E-state index in [9.17, 15) is 10.1 Å². The molecular weight excluding hydrogens is 216 g/mol. The summed E-state index contributed by atoms with van der Waals surface area (Å²) in [5.74, 6) is 0. The lowest BCUT2D eigenvalue weighted by molar-refractivity contribution is -0.380. The molecular formula is C8H8N4O2S. The van der Waals surface area contributed by atoms with Gasteiger partial charge in [0.15, 0.2) is 0 Å². The molecule has 78 valence electrons. The van der Waals surface area contributed by atoms with Gasteiger partial charge in [-0.25, -0.2) is 0 Å². The van der Waals surface area contributed by atoms with Crippen LogP contribution < -0.4 is 5.32 Å². The molecule has 0 amide bonds. The van der Waals surface area contributed by atoms with Crippen molar-refractivity contribution in [1.29, 1.82) is 0 Å². The summed E-state index contributed by atoms with van der Waals surface area (Å²) < 4.78 is 0. The zero-order valence-corrected chi connectivity index (χ0v) is 8.45. The predicted molar refractivity (Wildman–Crippen MR) is 56.9 cm³/mol. The Morgan fingerprint density at radius 1 is 1.67 bits per heavy atom. The molecule has 15 heavy (non-hydrogen) atoms. The van der Waals surface area contributed by atoms with Crippen LogP contribution in [0.15, 0.2) is 23.8 Å². The minimum Gasteiger partial charge on any atom is -0.378 e. The summed E-state index contributed by atoms with van der Waals surface area (Å²) in [6.45, 7) is 0.559. The number of H-pyrrole nitrogens is 1. The number of hydrogen-bond acceptors (Lipinski definition) is 5. The molecule has 0 aliphatic carbocycles. The van der Waals surface area contributed by atoms with E-state index in [4.69, 9.17) is 0 Å². The Balaban J connectivity index is 1.96. The van der Waals surface area contributed by atoms with E-state index in [1.165, 1.54) is 0 Å².